The van der Waals surface area contributed by atoms with Crippen LogP contribution >= 0.6 is 0 Å². The number of halogens is 1. The van der Waals surface area contributed by atoms with Crippen molar-refractivity contribution in [1.29, 1.82) is 0 Å². The van der Waals surface area contributed by atoms with Crippen molar-refractivity contribution >= 4 is 0 Å². The van der Waals surface area contributed by atoms with Crippen molar-refractivity contribution in [2.75, 3.05) is 6.54 Å². The van der Waals surface area contributed by atoms with Gasteiger partial charge in [-0.15, -0.1) is 0 Å². The molecule has 1 aliphatic rings. The van der Waals surface area contributed by atoms with Crippen LogP contribution < -0.4 is 5.73 Å². The van der Waals surface area contributed by atoms with E-state index in [1.165, 1.54) is 18.9 Å². The number of hydrogen-bond acceptors (Lipinski definition) is 1. The van der Waals surface area contributed by atoms with Crippen LogP contribution in [0.2, 0.25) is 0 Å². The minimum atomic E-state index is -0.121. The summed E-state index contributed by atoms with van der Waals surface area (Å²) in [5.74, 6) is 1.22. The van der Waals surface area contributed by atoms with Crippen LogP contribution in [0.5, 0.6) is 0 Å². The summed E-state index contributed by atoms with van der Waals surface area (Å²) in [5, 5.41) is 0. The van der Waals surface area contributed by atoms with Crippen molar-refractivity contribution in [3.05, 3.63) is 35.6 Å². The van der Waals surface area contributed by atoms with Crippen LogP contribution in [0.4, 0.5) is 4.39 Å². The molecule has 1 aromatic carbocycles. The van der Waals surface area contributed by atoms with Gasteiger partial charge in [0.2, 0.25) is 0 Å². The molecule has 0 bridgehead atoms. The van der Waals surface area contributed by atoms with Crippen LogP contribution in [-0.2, 0) is 0 Å². The van der Waals surface area contributed by atoms with E-state index < -0.39 is 0 Å². The second-order valence-electron chi connectivity index (χ2n) is 4.17. The smallest absolute Gasteiger partial charge is 0.123 e. The molecule has 0 aromatic heterocycles. The van der Waals surface area contributed by atoms with Gasteiger partial charge in [0, 0.05) is 0 Å². The van der Waals surface area contributed by atoms with E-state index in [0.29, 0.717) is 5.92 Å². The van der Waals surface area contributed by atoms with Gasteiger partial charge in [-0.2, -0.15) is 0 Å². The van der Waals surface area contributed by atoms with Crippen molar-refractivity contribution in [2.45, 2.75) is 25.2 Å². The molecule has 1 aliphatic carbocycles. The zero-order valence-corrected chi connectivity index (χ0v) is 8.25. The Morgan fingerprint density at radius 3 is 2.79 bits per heavy atom. The monoisotopic (exact) mass is 193 g/mol. The van der Waals surface area contributed by atoms with E-state index in [0.717, 1.165) is 24.4 Å². The minimum absolute atomic E-state index is 0.121. The molecule has 1 aromatic rings. The Labute approximate surface area is 84.1 Å². The number of nitrogens with two attached hydrogens (primary N) is 1. The minimum Gasteiger partial charge on any atom is -0.330 e. The lowest BCUT2D eigenvalue weighted by molar-refractivity contribution is 0.251. The Morgan fingerprint density at radius 2 is 2.14 bits per heavy atom. The number of rotatable bonds is 3. The molecule has 1 fully saturated rings. The van der Waals surface area contributed by atoms with Gasteiger partial charge in [0.1, 0.15) is 5.82 Å². The summed E-state index contributed by atoms with van der Waals surface area (Å²) in [6.07, 6.45) is 3.48. The third kappa shape index (κ3) is 1.95. The first kappa shape index (κ1) is 9.66. The van der Waals surface area contributed by atoms with Gasteiger partial charge in [-0.3, -0.25) is 0 Å². The van der Waals surface area contributed by atoms with Gasteiger partial charge in [0.15, 0.2) is 0 Å². The maximum Gasteiger partial charge on any atom is 0.123 e. The Morgan fingerprint density at radius 1 is 1.36 bits per heavy atom. The molecule has 0 spiro atoms. The Balaban J connectivity index is 1.93. The average Bonchev–Trinajstić information content (AvgIpc) is 2.10. The van der Waals surface area contributed by atoms with E-state index in [1.807, 2.05) is 6.07 Å². The van der Waals surface area contributed by atoms with Crippen molar-refractivity contribution in [3.63, 3.8) is 0 Å². The van der Waals surface area contributed by atoms with Gasteiger partial charge >= 0.3 is 0 Å². The lowest BCUT2D eigenvalue weighted by Gasteiger charge is -2.35. The van der Waals surface area contributed by atoms with Gasteiger partial charge < -0.3 is 5.73 Å². The highest BCUT2D eigenvalue weighted by Crippen LogP contribution is 2.42. The van der Waals surface area contributed by atoms with Crippen LogP contribution in [0.3, 0.4) is 0 Å². The number of hydrogen-bond donors (Lipinski definition) is 1. The summed E-state index contributed by atoms with van der Waals surface area (Å²) in [7, 11) is 0. The van der Waals surface area contributed by atoms with Gasteiger partial charge in [0.25, 0.3) is 0 Å². The zero-order chi connectivity index (χ0) is 9.97. The summed E-state index contributed by atoms with van der Waals surface area (Å²) in [5.41, 5.74) is 6.64. The largest absolute Gasteiger partial charge is 0.330 e. The molecule has 0 radical (unpaired) electrons. The van der Waals surface area contributed by atoms with Crippen LogP contribution in [-0.4, -0.2) is 6.54 Å². The summed E-state index contributed by atoms with van der Waals surface area (Å²) >= 11 is 0. The molecule has 0 unspecified atom stereocenters. The van der Waals surface area contributed by atoms with Crippen LogP contribution in [0.25, 0.3) is 0 Å². The van der Waals surface area contributed by atoms with E-state index in [1.54, 1.807) is 12.1 Å². The predicted octanol–water partition coefficient (Wildman–Crippen LogP) is 2.67. The van der Waals surface area contributed by atoms with Crippen molar-refractivity contribution in [3.8, 4) is 0 Å². The Bertz CT molecular complexity index is 305. The second-order valence-corrected chi connectivity index (χ2v) is 4.17. The van der Waals surface area contributed by atoms with Crippen LogP contribution in [0.1, 0.15) is 30.7 Å². The van der Waals surface area contributed by atoms with Gasteiger partial charge in [0.05, 0.1) is 0 Å². The normalized spacial score (nSPS) is 25.9. The molecule has 0 aliphatic heterocycles. The third-order valence-corrected chi connectivity index (χ3v) is 3.13. The molecule has 0 heterocycles. The van der Waals surface area contributed by atoms with Crippen LogP contribution in [0.15, 0.2) is 24.3 Å². The van der Waals surface area contributed by atoms with E-state index in [-0.39, 0.29) is 5.82 Å². The first-order valence-electron chi connectivity index (χ1n) is 5.25. The first-order valence-corrected chi connectivity index (χ1v) is 5.25. The lowest BCUT2D eigenvalue weighted by Crippen LogP contribution is -2.24. The SMILES string of the molecule is NCCC1CC(c2cccc(F)c2)C1. The molecule has 0 saturated heterocycles. The molecule has 1 saturated carbocycles. The van der Waals surface area contributed by atoms with Crippen molar-refractivity contribution in [2.24, 2.45) is 11.7 Å². The van der Waals surface area contributed by atoms with Gasteiger partial charge in [-0.25, -0.2) is 4.39 Å². The fraction of sp³-hybridized carbons (Fsp3) is 0.500. The average molecular weight is 193 g/mol. The molecular formula is C12H16FN. The van der Waals surface area contributed by atoms with Crippen LogP contribution in [0, 0.1) is 11.7 Å². The maximum absolute atomic E-state index is 12.9. The topological polar surface area (TPSA) is 26.0 Å². The van der Waals surface area contributed by atoms with E-state index >= 15 is 0 Å². The van der Waals surface area contributed by atoms with Gasteiger partial charge in [-0.05, 0) is 55.3 Å². The first-order chi connectivity index (χ1) is 6.79. The molecular weight excluding hydrogens is 177 g/mol. The highest BCUT2D eigenvalue weighted by molar-refractivity contribution is 5.22. The summed E-state index contributed by atoms with van der Waals surface area (Å²) in [4.78, 5) is 0. The Hall–Kier alpha value is -0.890. The molecule has 1 nitrogen and oxygen atoms in total. The van der Waals surface area contributed by atoms with Crippen molar-refractivity contribution < 1.29 is 4.39 Å². The number of benzene rings is 1. The van der Waals surface area contributed by atoms with Crippen molar-refractivity contribution in [1.82, 2.24) is 0 Å². The zero-order valence-electron chi connectivity index (χ0n) is 8.25. The van der Waals surface area contributed by atoms with Gasteiger partial charge in [-0.1, -0.05) is 12.1 Å². The Kier molecular flexibility index (Phi) is 2.82. The fourth-order valence-corrected chi connectivity index (χ4v) is 2.24. The molecule has 2 N–H and O–H groups in total. The second kappa shape index (κ2) is 4.09. The lowest BCUT2D eigenvalue weighted by atomic mass is 9.70. The highest BCUT2D eigenvalue weighted by Gasteiger charge is 2.29. The third-order valence-electron chi connectivity index (χ3n) is 3.13. The standard InChI is InChI=1S/C12H16FN/c13-12-3-1-2-10(8-12)11-6-9(7-11)4-5-14/h1-3,8-9,11H,4-7,14H2. The molecule has 76 valence electrons. The predicted molar refractivity (Wildman–Crippen MR) is 55.5 cm³/mol. The molecule has 14 heavy (non-hydrogen) atoms. The fourth-order valence-electron chi connectivity index (χ4n) is 2.24. The maximum atomic E-state index is 12.9. The van der Waals surface area contributed by atoms with E-state index in [9.17, 15) is 4.39 Å². The highest BCUT2D eigenvalue weighted by atomic mass is 19.1. The molecule has 0 atom stereocenters. The molecule has 2 heteroatoms. The van der Waals surface area contributed by atoms with E-state index in [4.69, 9.17) is 5.73 Å². The molecule has 0 amide bonds. The summed E-state index contributed by atoms with van der Waals surface area (Å²) < 4.78 is 12.9. The summed E-state index contributed by atoms with van der Waals surface area (Å²) in [6.45, 7) is 0.778. The summed E-state index contributed by atoms with van der Waals surface area (Å²) in [6, 6.07) is 6.97. The quantitative estimate of drug-likeness (QED) is 0.784. The van der Waals surface area contributed by atoms with E-state index in [2.05, 4.69) is 0 Å². The molecule has 2 rings (SSSR count).